The summed E-state index contributed by atoms with van der Waals surface area (Å²) < 4.78 is 1.94. The van der Waals surface area contributed by atoms with Gasteiger partial charge in [0, 0.05) is 18.9 Å². The quantitative estimate of drug-likeness (QED) is 0.694. The van der Waals surface area contributed by atoms with Crippen LogP contribution in [-0.2, 0) is 6.54 Å². The molecule has 0 amide bonds. The third-order valence-corrected chi connectivity index (χ3v) is 1.67. The first-order valence-electron chi connectivity index (χ1n) is 4.10. The molecule has 0 aromatic carbocycles. The molecule has 0 aliphatic rings. The van der Waals surface area contributed by atoms with Crippen molar-refractivity contribution in [1.29, 1.82) is 0 Å². The Morgan fingerprint density at radius 2 is 2.42 bits per heavy atom. The molecule has 12 heavy (non-hydrogen) atoms. The molecule has 0 radical (unpaired) electrons. The highest BCUT2D eigenvalue weighted by Gasteiger charge is 1.94. The van der Waals surface area contributed by atoms with Gasteiger partial charge in [0.2, 0.25) is 0 Å². The SMILES string of the molecule is CC(C)=CCCn1ccnc1N. The maximum Gasteiger partial charge on any atom is 0.200 e. The summed E-state index contributed by atoms with van der Waals surface area (Å²) in [6, 6.07) is 0. The molecular formula is C9H15N3. The van der Waals surface area contributed by atoms with E-state index in [0.29, 0.717) is 5.95 Å². The van der Waals surface area contributed by atoms with E-state index in [9.17, 15) is 0 Å². The van der Waals surface area contributed by atoms with Crippen molar-refractivity contribution < 1.29 is 0 Å². The Morgan fingerprint density at radius 3 is 2.92 bits per heavy atom. The highest BCUT2D eigenvalue weighted by atomic mass is 15.1. The molecule has 2 N–H and O–H groups in total. The van der Waals surface area contributed by atoms with Crippen molar-refractivity contribution in [3.63, 3.8) is 0 Å². The first-order chi connectivity index (χ1) is 5.70. The van der Waals surface area contributed by atoms with Crippen LogP contribution in [0.15, 0.2) is 24.0 Å². The molecule has 0 saturated carbocycles. The average molecular weight is 165 g/mol. The minimum atomic E-state index is 0.595. The first-order valence-corrected chi connectivity index (χ1v) is 4.10. The minimum absolute atomic E-state index is 0.595. The number of allylic oxidation sites excluding steroid dienone is 2. The molecule has 1 aromatic heterocycles. The molecule has 0 spiro atoms. The van der Waals surface area contributed by atoms with E-state index in [4.69, 9.17) is 5.73 Å². The number of imidazole rings is 1. The lowest BCUT2D eigenvalue weighted by Gasteiger charge is -2.00. The van der Waals surface area contributed by atoms with Crippen molar-refractivity contribution in [2.75, 3.05) is 5.73 Å². The molecule has 0 atom stereocenters. The number of nitrogen functional groups attached to an aromatic ring is 1. The van der Waals surface area contributed by atoms with Crippen molar-refractivity contribution in [3.05, 3.63) is 24.0 Å². The number of rotatable bonds is 3. The van der Waals surface area contributed by atoms with Gasteiger partial charge in [-0.05, 0) is 20.3 Å². The lowest BCUT2D eigenvalue weighted by atomic mass is 10.3. The highest BCUT2D eigenvalue weighted by molar-refractivity contribution is 5.16. The molecule has 3 nitrogen and oxygen atoms in total. The zero-order valence-corrected chi connectivity index (χ0v) is 7.62. The van der Waals surface area contributed by atoms with Gasteiger partial charge in [0.1, 0.15) is 0 Å². The van der Waals surface area contributed by atoms with Crippen LogP contribution in [-0.4, -0.2) is 9.55 Å². The second-order valence-electron chi connectivity index (χ2n) is 3.05. The van der Waals surface area contributed by atoms with Gasteiger partial charge in [-0.2, -0.15) is 0 Å². The lowest BCUT2D eigenvalue weighted by molar-refractivity contribution is 0.717. The van der Waals surface area contributed by atoms with Gasteiger partial charge in [-0.25, -0.2) is 4.98 Å². The number of anilines is 1. The molecule has 0 fully saturated rings. The van der Waals surface area contributed by atoms with Crippen LogP contribution < -0.4 is 5.73 Å². The Kier molecular flexibility index (Phi) is 2.91. The Balaban J connectivity index is 2.44. The largest absolute Gasteiger partial charge is 0.369 e. The molecule has 66 valence electrons. The summed E-state index contributed by atoms with van der Waals surface area (Å²) in [5, 5.41) is 0. The second-order valence-corrected chi connectivity index (χ2v) is 3.05. The fourth-order valence-corrected chi connectivity index (χ4v) is 1.02. The van der Waals surface area contributed by atoms with E-state index in [0.717, 1.165) is 13.0 Å². The summed E-state index contributed by atoms with van der Waals surface area (Å²) in [4.78, 5) is 3.93. The van der Waals surface area contributed by atoms with Crippen molar-refractivity contribution in [2.45, 2.75) is 26.8 Å². The molecule has 0 saturated heterocycles. The fraction of sp³-hybridized carbons (Fsp3) is 0.444. The Morgan fingerprint density at radius 1 is 1.67 bits per heavy atom. The van der Waals surface area contributed by atoms with Crippen LogP contribution in [0.25, 0.3) is 0 Å². The third-order valence-electron chi connectivity index (χ3n) is 1.67. The standard InChI is InChI=1S/C9H15N3/c1-8(2)4-3-6-12-7-5-11-9(12)10/h4-5,7H,3,6H2,1-2H3,(H2,10,11). The summed E-state index contributed by atoms with van der Waals surface area (Å²) in [5.41, 5.74) is 6.93. The van der Waals surface area contributed by atoms with Crippen molar-refractivity contribution in [3.8, 4) is 0 Å². The number of hydrogen-bond acceptors (Lipinski definition) is 2. The van der Waals surface area contributed by atoms with E-state index < -0.39 is 0 Å². The van der Waals surface area contributed by atoms with Crippen LogP contribution in [0, 0.1) is 0 Å². The van der Waals surface area contributed by atoms with Gasteiger partial charge in [0.05, 0.1) is 0 Å². The first kappa shape index (κ1) is 8.84. The maximum atomic E-state index is 5.59. The van der Waals surface area contributed by atoms with Gasteiger partial charge in [-0.1, -0.05) is 11.6 Å². The van der Waals surface area contributed by atoms with E-state index >= 15 is 0 Å². The van der Waals surface area contributed by atoms with Crippen molar-refractivity contribution in [2.24, 2.45) is 0 Å². The van der Waals surface area contributed by atoms with Crippen LogP contribution >= 0.6 is 0 Å². The van der Waals surface area contributed by atoms with E-state index in [1.165, 1.54) is 5.57 Å². The minimum Gasteiger partial charge on any atom is -0.369 e. The van der Waals surface area contributed by atoms with E-state index in [1.54, 1.807) is 6.20 Å². The summed E-state index contributed by atoms with van der Waals surface area (Å²) in [5.74, 6) is 0.595. The predicted molar refractivity (Wildman–Crippen MR) is 50.7 cm³/mol. The molecule has 1 heterocycles. The molecular weight excluding hydrogens is 150 g/mol. The summed E-state index contributed by atoms with van der Waals surface area (Å²) in [7, 11) is 0. The number of nitrogens with zero attached hydrogens (tertiary/aromatic N) is 2. The van der Waals surface area contributed by atoms with Gasteiger partial charge in [-0.15, -0.1) is 0 Å². The Bertz CT molecular complexity index is 269. The summed E-state index contributed by atoms with van der Waals surface area (Å²) in [6.07, 6.45) is 6.83. The summed E-state index contributed by atoms with van der Waals surface area (Å²) >= 11 is 0. The maximum absolute atomic E-state index is 5.59. The zero-order valence-electron chi connectivity index (χ0n) is 7.62. The zero-order chi connectivity index (χ0) is 8.97. The van der Waals surface area contributed by atoms with Crippen LogP contribution in [0.4, 0.5) is 5.95 Å². The molecule has 1 aromatic rings. The number of aryl methyl sites for hydroxylation is 1. The molecule has 0 unspecified atom stereocenters. The smallest absolute Gasteiger partial charge is 0.200 e. The third kappa shape index (κ3) is 2.42. The fourth-order valence-electron chi connectivity index (χ4n) is 1.02. The molecule has 0 aliphatic carbocycles. The molecule has 1 rings (SSSR count). The number of hydrogen-bond donors (Lipinski definition) is 1. The van der Waals surface area contributed by atoms with Crippen LogP contribution in [0.3, 0.4) is 0 Å². The van der Waals surface area contributed by atoms with Crippen LogP contribution in [0.1, 0.15) is 20.3 Å². The lowest BCUT2D eigenvalue weighted by Crippen LogP contribution is -2.01. The number of aromatic nitrogens is 2. The average Bonchev–Trinajstić information content (AvgIpc) is 2.36. The second kappa shape index (κ2) is 3.95. The van der Waals surface area contributed by atoms with Crippen LogP contribution in [0.5, 0.6) is 0 Å². The Labute approximate surface area is 72.9 Å². The molecule has 0 aliphatic heterocycles. The van der Waals surface area contributed by atoms with Gasteiger partial charge in [0.15, 0.2) is 5.95 Å². The van der Waals surface area contributed by atoms with Gasteiger partial charge in [-0.3, -0.25) is 0 Å². The van der Waals surface area contributed by atoms with Gasteiger partial charge in [0.25, 0.3) is 0 Å². The summed E-state index contributed by atoms with van der Waals surface area (Å²) in [6.45, 7) is 5.10. The number of nitrogens with two attached hydrogens (primary N) is 1. The monoisotopic (exact) mass is 165 g/mol. The van der Waals surface area contributed by atoms with Crippen molar-refractivity contribution >= 4 is 5.95 Å². The van der Waals surface area contributed by atoms with Gasteiger partial charge < -0.3 is 10.3 Å². The Hall–Kier alpha value is -1.25. The normalized spacial score (nSPS) is 9.83. The predicted octanol–water partition coefficient (Wildman–Crippen LogP) is 1.82. The van der Waals surface area contributed by atoms with Gasteiger partial charge >= 0.3 is 0 Å². The van der Waals surface area contributed by atoms with Crippen LogP contribution in [0.2, 0.25) is 0 Å². The molecule has 3 heteroatoms. The van der Waals surface area contributed by atoms with Crippen molar-refractivity contribution in [1.82, 2.24) is 9.55 Å². The molecule has 0 bridgehead atoms. The van der Waals surface area contributed by atoms with E-state index in [-0.39, 0.29) is 0 Å². The van der Waals surface area contributed by atoms with E-state index in [2.05, 4.69) is 24.9 Å². The highest BCUT2D eigenvalue weighted by Crippen LogP contribution is 2.01. The topological polar surface area (TPSA) is 43.8 Å². The van der Waals surface area contributed by atoms with E-state index in [1.807, 2.05) is 10.8 Å².